The van der Waals surface area contributed by atoms with Gasteiger partial charge in [-0.15, -0.1) is 24.8 Å². The topological polar surface area (TPSA) is 69.9 Å². The summed E-state index contributed by atoms with van der Waals surface area (Å²) < 4.78 is 0. The normalized spacial score (nSPS) is 27.4. The zero-order valence-corrected chi connectivity index (χ0v) is 17.4. The maximum Gasteiger partial charge on any atom is 0.227 e. The molecule has 0 radical (unpaired) electrons. The van der Waals surface area contributed by atoms with Crippen molar-refractivity contribution in [3.63, 3.8) is 0 Å². The van der Waals surface area contributed by atoms with E-state index in [-0.39, 0.29) is 42.5 Å². The van der Waals surface area contributed by atoms with E-state index >= 15 is 0 Å². The largest absolute Gasteiger partial charge is 0.342 e. The lowest BCUT2D eigenvalue weighted by Gasteiger charge is -2.33. The summed E-state index contributed by atoms with van der Waals surface area (Å²) in [5.74, 6) is 0.759. The minimum absolute atomic E-state index is 0. The zero-order chi connectivity index (χ0) is 17.1. The third-order valence-corrected chi connectivity index (χ3v) is 6.16. The van der Waals surface area contributed by atoms with Crippen LogP contribution in [0.15, 0.2) is 0 Å². The molecule has 0 spiro atoms. The number of nitrogens with zero attached hydrogens (tertiary/aromatic N) is 3. The molecule has 26 heavy (non-hydrogen) atoms. The molecule has 152 valence electrons. The molecule has 0 aromatic rings. The van der Waals surface area contributed by atoms with Crippen molar-refractivity contribution in [1.29, 1.82) is 0 Å². The van der Waals surface area contributed by atoms with Gasteiger partial charge in [-0.2, -0.15) is 0 Å². The highest BCUT2D eigenvalue weighted by Gasteiger charge is 2.39. The van der Waals surface area contributed by atoms with Crippen LogP contribution in [0.4, 0.5) is 0 Å². The van der Waals surface area contributed by atoms with Gasteiger partial charge in [0.25, 0.3) is 0 Å². The summed E-state index contributed by atoms with van der Waals surface area (Å²) in [5.41, 5.74) is 5.72. The third kappa shape index (κ3) is 5.24. The number of rotatable bonds is 5. The van der Waals surface area contributed by atoms with Crippen molar-refractivity contribution >= 4 is 36.6 Å². The van der Waals surface area contributed by atoms with E-state index in [0.717, 1.165) is 45.6 Å². The molecule has 3 heterocycles. The Morgan fingerprint density at radius 1 is 1.15 bits per heavy atom. The van der Waals surface area contributed by atoms with Crippen LogP contribution in [0.5, 0.6) is 0 Å². The summed E-state index contributed by atoms with van der Waals surface area (Å²) in [4.78, 5) is 31.5. The van der Waals surface area contributed by atoms with Crippen LogP contribution in [0, 0.1) is 11.8 Å². The first-order valence-electron chi connectivity index (χ1n) is 9.63. The van der Waals surface area contributed by atoms with Crippen molar-refractivity contribution in [1.82, 2.24) is 14.7 Å². The molecule has 3 aliphatic rings. The fourth-order valence-corrected chi connectivity index (χ4v) is 4.53. The van der Waals surface area contributed by atoms with E-state index in [1.807, 2.05) is 9.80 Å². The Morgan fingerprint density at radius 3 is 2.46 bits per heavy atom. The summed E-state index contributed by atoms with van der Waals surface area (Å²) in [7, 11) is 0. The molecule has 0 bridgehead atoms. The van der Waals surface area contributed by atoms with E-state index in [0.29, 0.717) is 31.5 Å². The first kappa shape index (κ1) is 23.5. The van der Waals surface area contributed by atoms with Gasteiger partial charge >= 0.3 is 0 Å². The first-order chi connectivity index (χ1) is 11.6. The first-order valence-corrected chi connectivity index (χ1v) is 9.63. The van der Waals surface area contributed by atoms with Crippen LogP contribution in [-0.2, 0) is 9.59 Å². The second-order valence-corrected chi connectivity index (χ2v) is 7.63. The standard InChI is InChI=1S/C18H32N4O2.2ClH/c1-2-20-7-3-4-16(20)13-22-12-15(10-17(22)23)18(24)21-8-5-14(11-19)6-9-21;;/h14-16H,2-13,19H2,1H3;2*1H. The van der Waals surface area contributed by atoms with Gasteiger partial charge in [0.2, 0.25) is 11.8 Å². The van der Waals surface area contributed by atoms with Crippen LogP contribution in [0.25, 0.3) is 0 Å². The maximum atomic E-state index is 12.7. The molecular formula is C18H34Cl2N4O2. The average Bonchev–Trinajstić information content (AvgIpc) is 3.21. The Kier molecular flexibility index (Phi) is 9.65. The van der Waals surface area contributed by atoms with Gasteiger partial charge < -0.3 is 15.5 Å². The fourth-order valence-electron chi connectivity index (χ4n) is 4.53. The molecular weight excluding hydrogens is 375 g/mol. The van der Waals surface area contributed by atoms with Crippen LogP contribution in [0.2, 0.25) is 0 Å². The Bertz CT molecular complexity index is 472. The molecule has 3 fully saturated rings. The van der Waals surface area contributed by atoms with Crippen LogP contribution in [0.3, 0.4) is 0 Å². The monoisotopic (exact) mass is 408 g/mol. The van der Waals surface area contributed by atoms with Gasteiger partial charge in [0.1, 0.15) is 0 Å². The smallest absolute Gasteiger partial charge is 0.227 e. The lowest BCUT2D eigenvalue weighted by molar-refractivity contribution is -0.137. The molecule has 6 nitrogen and oxygen atoms in total. The minimum Gasteiger partial charge on any atom is -0.342 e. The highest BCUT2D eigenvalue weighted by atomic mass is 35.5. The molecule has 3 aliphatic heterocycles. The fraction of sp³-hybridized carbons (Fsp3) is 0.889. The Hall–Kier alpha value is -0.560. The predicted molar refractivity (Wildman–Crippen MR) is 108 cm³/mol. The maximum absolute atomic E-state index is 12.7. The predicted octanol–water partition coefficient (Wildman–Crippen LogP) is 1.36. The van der Waals surface area contributed by atoms with Crippen molar-refractivity contribution in [3.05, 3.63) is 0 Å². The lowest BCUT2D eigenvalue weighted by Crippen LogP contribution is -2.44. The van der Waals surface area contributed by atoms with Crippen molar-refractivity contribution in [2.45, 2.75) is 45.1 Å². The molecule has 2 N–H and O–H groups in total. The SMILES string of the molecule is CCN1CCCC1CN1CC(C(=O)N2CCC(CN)CC2)CC1=O.Cl.Cl. The van der Waals surface area contributed by atoms with E-state index in [1.54, 1.807) is 0 Å². The molecule has 2 atom stereocenters. The van der Waals surface area contributed by atoms with Gasteiger partial charge in [-0.1, -0.05) is 6.92 Å². The number of amides is 2. The molecule has 0 saturated carbocycles. The summed E-state index contributed by atoms with van der Waals surface area (Å²) in [5, 5.41) is 0. The van der Waals surface area contributed by atoms with Gasteiger partial charge in [-0.3, -0.25) is 14.5 Å². The highest BCUT2D eigenvalue weighted by Crippen LogP contribution is 2.26. The van der Waals surface area contributed by atoms with Gasteiger partial charge in [0.05, 0.1) is 5.92 Å². The van der Waals surface area contributed by atoms with Gasteiger partial charge in [0.15, 0.2) is 0 Å². The Balaban J connectivity index is 0.00000169. The number of carbonyl (C=O) groups is 2. The molecule has 8 heteroatoms. The number of carbonyl (C=O) groups excluding carboxylic acids is 2. The van der Waals surface area contributed by atoms with Crippen LogP contribution < -0.4 is 5.73 Å². The van der Waals surface area contributed by atoms with E-state index in [2.05, 4.69) is 11.8 Å². The molecule has 2 amide bonds. The number of hydrogen-bond donors (Lipinski definition) is 1. The van der Waals surface area contributed by atoms with Crippen molar-refractivity contribution in [2.24, 2.45) is 17.6 Å². The Labute approximate surface area is 169 Å². The summed E-state index contributed by atoms with van der Waals surface area (Å²) in [6.07, 6.45) is 4.79. The van der Waals surface area contributed by atoms with Crippen LogP contribution in [0.1, 0.15) is 39.0 Å². The third-order valence-electron chi connectivity index (χ3n) is 6.16. The zero-order valence-electron chi connectivity index (χ0n) is 15.8. The van der Waals surface area contributed by atoms with Crippen molar-refractivity contribution in [3.8, 4) is 0 Å². The second kappa shape index (κ2) is 10.7. The minimum atomic E-state index is -0.136. The number of hydrogen-bond acceptors (Lipinski definition) is 4. The summed E-state index contributed by atoms with van der Waals surface area (Å²) >= 11 is 0. The van der Waals surface area contributed by atoms with Gasteiger partial charge in [0, 0.05) is 38.6 Å². The quantitative estimate of drug-likeness (QED) is 0.745. The lowest BCUT2D eigenvalue weighted by atomic mass is 9.95. The van der Waals surface area contributed by atoms with E-state index in [1.165, 1.54) is 12.8 Å². The molecule has 3 saturated heterocycles. The summed E-state index contributed by atoms with van der Waals surface area (Å²) in [6, 6.07) is 0.480. The van der Waals surface area contributed by atoms with Crippen LogP contribution >= 0.6 is 24.8 Å². The number of piperidine rings is 1. The molecule has 3 rings (SSSR count). The molecule has 0 aromatic heterocycles. The average molecular weight is 409 g/mol. The van der Waals surface area contributed by atoms with E-state index in [9.17, 15) is 9.59 Å². The molecule has 0 aliphatic carbocycles. The number of halogens is 2. The van der Waals surface area contributed by atoms with Crippen molar-refractivity contribution in [2.75, 3.05) is 45.8 Å². The van der Waals surface area contributed by atoms with E-state index in [4.69, 9.17) is 5.73 Å². The summed E-state index contributed by atoms with van der Waals surface area (Å²) in [6.45, 7) is 8.10. The van der Waals surface area contributed by atoms with Crippen molar-refractivity contribution < 1.29 is 9.59 Å². The number of likely N-dealkylation sites (tertiary alicyclic amines) is 3. The van der Waals surface area contributed by atoms with Gasteiger partial charge in [-0.25, -0.2) is 0 Å². The number of likely N-dealkylation sites (N-methyl/N-ethyl adjacent to an activating group) is 1. The number of nitrogens with two attached hydrogens (primary N) is 1. The Morgan fingerprint density at radius 2 is 1.85 bits per heavy atom. The van der Waals surface area contributed by atoms with Gasteiger partial charge in [-0.05, 0) is 51.2 Å². The highest BCUT2D eigenvalue weighted by molar-refractivity contribution is 5.89. The van der Waals surface area contributed by atoms with Crippen LogP contribution in [-0.4, -0.2) is 78.4 Å². The molecule has 0 aromatic carbocycles. The molecule has 2 unspecified atom stereocenters. The van der Waals surface area contributed by atoms with E-state index < -0.39 is 0 Å². The second-order valence-electron chi connectivity index (χ2n) is 7.63.